The number of benzene rings is 1. The number of esters is 1. The van der Waals surface area contributed by atoms with Gasteiger partial charge in [-0.2, -0.15) is 13.2 Å². The van der Waals surface area contributed by atoms with Gasteiger partial charge in [0.15, 0.2) is 0 Å². The van der Waals surface area contributed by atoms with E-state index in [0.717, 1.165) is 30.3 Å². The minimum Gasteiger partial charge on any atom is -0.459 e. The fourth-order valence-electron chi connectivity index (χ4n) is 4.41. The first-order valence-corrected chi connectivity index (χ1v) is 8.89. The van der Waals surface area contributed by atoms with E-state index in [1.165, 1.54) is 6.20 Å². The molecule has 2 atom stereocenters. The lowest BCUT2D eigenvalue weighted by atomic mass is 10.0. The van der Waals surface area contributed by atoms with Gasteiger partial charge >= 0.3 is 12.1 Å². The average Bonchev–Trinajstić information content (AvgIpc) is 3.00. The van der Waals surface area contributed by atoms with Crippen molar-refractivity contribution in [2.75, 3.05) is 7.05 Å². The molecule has 2 aliphatic heterocycles. The summed E-state index contributed by atoms with van der Waals surface area (Å²) in [6.45, 7) is -1.13. The number of nitrogens with zero attached hydrogens (tertiary/aromatic N) is 2. The van der Waals surface area contributed by atoms with Gasteiger partial charge in [0.1, 0.15) is 12.6 Å². The summed E-state index contributed by atoms with van der Waals surface area (Å²) in [4.78, 5) is 15.0. The van der Waals surface area contributed by atoms with Gasteiger partial charge in [-0.05, 0) is 26.0 Å². The van der Waals surface area contributed by atoms with Gasteiger partial charge in [0, 0.05) is 42.0 Å². The molecule has 2 bridgehead atoms. The molecule has 7 heteroatoms. The Morgan fingerprint density at radius 1 is 1.19 bits per heavy atom. The number of aromatic nitrogens is 1. The molecule has 140 valence electrons. The Balaban J connectivity index is 1.57. The second-order valence-electron chi connectivity index (χ2n) is 7.35. The van der Waals surface area contributed by atoms with Crippen LogP contribution in [0.25, 0.3) is 10.9 Å². The Bertz CT molecular complexity index is 816. The number of halogens is 3. The maximum absolute atomic E-state index is 12.8. The van der Waals surface area contributed by atoms with Crippen LogP contribution >= 0.6 is 0 Å². The van der Waals surface area contributed by atoms with Gasteiger partial charge in [0.05, 0.1) is 5.56 Å². The Labute approximate surface area is 149 Å². The molecular weight excluding hydrogens is 345 g/mol. The van der Waals surface area contributed by atoms with Gasteiger partial charge in [0.25, 0.3) is 0 Å². The summed E-state index contributed by atoms with van der Waals surface area (Å²) in [6, 6.07) is 7.49. The van der Waals surface area contributed by atoms with Crippen molar-refractivity contribution in [1.82, 2.24) is 9.47 Å². The van der Waals surface area contributed by atoms with Crippen LogP contribution in [0.15, 0.2) is 30.5 Å². The number of rotatable bonds is 3. The zero-order chi connectivity index (χ0) is 18.5. The summed E-state index contributed by atoms with van der Waals surface area (Å²) in [6.07, 6.45) is 0.557. The second kappa shape index (κ2) is 6.30. The third kappa shape index (κ3) is 3.20. The molecule has 4 rings (SSSR count). The maximum Gasteiger partial charge on any atom is 0.406 e. The predicted molar refractivity (Wildman–Crippen MR) is 91.0 cm³/mol. The lowest BCUT2D eigenvalue weighted by Crippen LogP contribution is -2.43. The zero-order valence-electron chi connectivity index (χ0n) is 14.5. The molecule has 0 N–H and O–H groups in total. The molecule has 0 aliphatic carbocycles. The molecule has 0 spiro atoms. The highest BCUT2D eigenvalue weighted by Crippen LogP contribution is 2.36. The van der Waals surface area contributed by atoms with Gasteiger partial charge in [-0.1, -0.05) is 18.2 Å². The van der Waals surface area contributed by atoms with Gasteiger partial charge in [-0.15, -0.1) is 0 Å². The molecule has 0 radical (unpaired) electrons. The molecule has 2 unspecified atom stereocenters. The van der Waals surface area contributed by atoms with Crippen molar-refractivity contribution in [2.24, 2.45) is 0 Å². The topological polar surface area (TPSA) is 34.5 Å². The largest absolute Gasteiger partial charge is 0.459 e. The molecule has 4 nitrogen and oxygen atoms in total. The standard InChI is InChI=1S/C19H21F3N2O2/c1-23-12-6-7-13(23)9-14(8-12)26-18(25)16-10-24(11-19(20,21)22)17-5-3-2-4-15(16)17/h2-5,10,12-14H,6-9,11H2,1H3. The molecule has 26 heavy (non-hydrogen) atoms. The van der Waals surface area contributed by atoms with E-state index < -0.39 is 18.7 Å². The Hall–Kier alpha value is -2.02. The van der Waals surface area contributed by atoms with E-state index in [0.29, 0.717) is 23.0 Å². The molecule has 1 aromatic heterocycles. The summed E-state index contributed by atoms with van der Waals surface area (Å²) < 4.78 is 45.3. The van der Waals surface area contributed by atoms with E-state index in [1.807, 2.05) is 0 Å². The normalized spacial score (nSPS) is 26.4. The van der Waals surface area contributed by atoms with Gasteiger partial charge in [0.2, 0.25) is 0 Å². The van der Waals surface area contributed by atoms with Crippen LogP contribution < -0.4 is 0 Å². The lowest BCUT2D eigenvalue weighted by molar-refractivity contribution is -0.139. The molecule has 1 aromatic carbocycles. The number of hydrogen-bond acceptors (Lipinski definition) is 3. The van der Waals surface area contributed by atoms with Crippen molar-refractivity contribution < 1.29 is 22.7 Å². The van der Waals surface area contributed by atoms with Crippen LogP contribution in [0.1, 0.15) is 36.0 Å². The number of carbonyl (C=O) groups is 1. The number of para-hydroxylation sites is 1. The van der Waals surface area contributed by atoms with Crippen molar-refractivity contribution in [3.8, 4) is 0 Å². The zero-order valence-corrected chi connectivity index (χ0v) is 14.5. The van der Waals surface area contributed by atoms with E-state index in [1.54, 1.807) is 24.3 Å². The van der Waals surface area contributed by atoms with Crippen LogP contribution in [0.3, 0.4) is 0 Å². The van der Waals surface area contributed by atoms with Crippen LogP contribution in [0.4, 0.5) is 13.2 Å². The van der Waals surface area contributed by atoms with E-state index in [4.69, 9.17) is 4.74 Å². The molecule has 2 fully saturated rings. The Morgan fingerprint density at radius 3 is 2.50 bits per heavy atom. The molecule has 3 heterocycles. The highest BCUT2D eigenvalue weighted by molar-refractivity contribution is 6.04. The van der Waals surface area contributed by atoms with E-state index in [9.17, 15) is 18.0 Å². The van der Waals surface area contributed by atoms with Crippen molar-refractivity contribution in [3.05, 3.63) is 36.0 Å². The maximum atomic E-state index is 12.8. The van der Waals surface area contributed by atoms with Crippen molar-refractivity contribution in [2.45, 2.75) is 56.6 Å². The minimum absolute atomic E-state index is 0.166. The number of fused-ring (bicyclic) bond motifs is 3. The van der Waals surface area contributed by atoms with Crippen molar-refractivity contribution in [1.29, 1.82) is 0 Å². The fraction of sp³-hybridized carbons (Fsp3) is 0.526. The molecular formula is C19H21F3N2O2. The highest BCUT2D eigenvalue weighted by atomic mass is 19.4. The average molecular weight is 366 g/mol. The first-order valence-electron chi connectivity index (χ1n) is 8.89. The highest BCUT2D eigenvalue weighted by Gasteiger charge is 2.40. The summed E-state index contributed by atoms with van der Waals surface area (Å²) in [5, 5.41) is 0.498. The Morgan fingerprint density at radius 2 is 1.85 bits per heavy atom. The van der Waals surface area contributed by atoms with Gasteiger partial charge < -0.3 is 14.2 Å². The number of piperidine rings is 1. The van der Waals surface area contributed by atoms with Crippen LogP contribution in [0, 0.1) is 0 Å². The number of hydrogen-bond donors (Lipinski definition) is 0. The minimum atomic E-state index is -4.35. The van der Waals surface area contributed by atoms with Gasteiger partial charge in [-0.25, -0.2) is 4.79 Å². The Kier molecular flexibility index (Phi) is 4.22. The molecule has 2 aliphatic rings. The third-order valence-corrected chi connectivity index (χ3v) is 5.69. The summed E-state index contributed by atoms with van der Waals surface area (Å²) in [5.74, 6) is -0.531. The third-order valence-electron chi connectivity index (χ3n) is 5.69. The number of carbonyl (C=O) groups excluding carboxylic acids is 1. The molecule has 0 saturated carbocycles. The summed E-state index contributed by atoms with van der Waals surface area (Å²) in [7, 11) is 2.10. The lowest BCUT2D eigenvalue weighted by Gasteiger charge is -2.35. The first-order chi connectivity index (χ1) is 12.3. The van der Waals surface area contributed by atoms with E-state index in [2.05, 4.69) is 11.9 Å². The van der Waals surface area contributed by atoms with E-state index >= 15 is 0 Å². The van der Waals surface area contributed by atoms with Crippen LogP contribution in [-0.4, -0.2) is 46.8 Å². The van der Waals surface area contributed by atoms with Crippen molar-refractivity contribution >= 4 is 16.9 Å². The molecule has 0 amide bonds. The quantitative estimate of drug-likeness (QED) is 0.771. The monoisotopic (exact) mass is 366 g/mol. The van der Waals surface area contributed by atoms with Crippen LogP contribution in [-0.2, 0) is 11.3 Å². The summed E-state index contributed by atoms with van der Waals surface area (Å²) >= 11 is 0. The first kappa shape index (κ1) is 17.4. The molecule has 2 aromatic rings. The SMILES string of the molecule is CN1C2CCC1CC(OC(=O)c1cn(CC(F)(F)F)c3ccccc13)C2. The summed E-state index contributed by atoms with van der Waals surface area (Å²) in [5.41, 5.74) is 0.594. The smallest absolute Gasteiger partial charge is 0.406 e. The number of alkyl halides is 3. The second-order valence-corrected chi connectivity index (χ2v) is 7.35. The fourth-order valence-corrected chi connectivity index (χ4v) is 4.41. The van der Waals surface area contributed by atoms with Crippen LogP contribution in [0.2, 0.25) is 0 Å². The number of ether oxygens (including phenoxy) is 1. The predicted octanol–water partition coefficient (Wildman–Crippen LogP) is 3.99. The van der Waals surface area contributed by atoms with Gasteiger partial charge in [-0.3, -0.25) is 0 Å². The molecule has 2 saturated heterocycles. The van der Waals surface area contributed by atoms with Crippen molar-refractivity contribution in [3.63, 3.8) is 0 Å². The van der Waals surface area contributed by atoms with Crippen LogP contribution in [0.5, 0.6) is 0 Å². The van der Waals surface area contributed by atoms with E-state index in [-0.39, 0.29) is 11.7 Å².